The molecule has 0 spiro atoms. The predicted molar refractivity (Wildman–Crippen MR) is 110 cm³/mol. The molecule has 0 aromatic heterocycles. The van der Waals surface area contributed by atoms with Gasteiger partial charge in [0.25, 0.3) is 0 Å². The Hall–Kier alpha value is -1.35. The van der Waals surface area contributed by atoms with Gasteiger partial charge in [0.05, 0.1) is 18.0 Å². The maximum absolute atomic E-state index is 12.5. The fourth-order valence-electron chi connectivity index (χ4n) is 3.02. The molecular formula is C18H29ClN4O3S. The Balaban J connectivity index is 1.75. The second-order valence-corrected chi connectivity index (χ2v) is 9.22. The van der Waals surface area contributed by atoms with E-state index in [1.54, 1.807) is 7.05 Å². The minimum atomic E-state index is -3.33. The molecule has 2 N–H and O–H groups in total. The van der Waals surface area contributed by atoms with E-state index < -0.39 is 10.0 Å². The summed E-state index contributed by atoms with van der Waals surface area (Å²) < 4.78 is 32.2. The van der Waals surface area contributed by atoms with Crippen LogP contribution in [0.5, 0.6) is 0 Å². The van der Waals surface area contributed by atoms with Gasteiger partial charge in [-0.15, -0.1) is 0 Å². The lowest BCUT2D eigenvalue weighted by molar-refractivity contribution is -0.0440. The summed E-state index contributed by atoms with van der Waals surface area (Å²) >= 11 is 5.98. The molecule has 1 aliphatic rings. The highest BCUT2D eigenvalue weighted by atomic mass is 35.5. The molecule has 1 saturated heterocycles. The monoisotopic (exact) mass is 416 g/mol. The van der Waals surface area contributed by atoms with Gasteiger partial charge in [0.2, 0.25) is 10.0 Å². The van der Waals surface area contributed by atoms with Crippen LogP contribution in [0.4, 0.5) is 0 Å². The Morgan fingerprint density at radius 1 is 1.26 bits per heavy atom. The van der Waals surface area contributed by atoms with Crippen LogP contribution in [0.1, 0.15) is 19.4 Å². The average molecular weight is 417 g/mol. The number of hydrogen-bond donors (Lipinski definition) is 2. The fraction of sp³-hybridized carbons (Fsp3) is 0.611. The SMILES string of the molecule is CN=C(NCCc1cccc(Cl)c1)NCCS(=O)(=O)N1CC(C)OC(C)C1. The van der Waals surface area contributed by atoms with Crippen LogP contribution in [0.3, 0.4) is 0 Å². The van der Waals surface area contributed by atoms with Crippen LogP contribution in [0, 0.1) is 0 Å². The first-order valence-corrected chi connectivity index (χ1v) is 11.1. The molecule has 2 atom stereocenters. The average Bonchev–Trinajstić information content (AvgIpc) is 2.59. The smallest absolute Gasteiger partial charge is 0.216 e. The maximum Gasteiger partial charge on any atom is 0.216 e. The lowest BCUT2D eigenvalue weighted by atomic mass is 10.1. The Morgan fingerprint density at radius 3 is 2.56 bits per heavy atom. The van der Waals surface area contributed by atoms with E-state index in [4.69, 9.17) is 16.3 Å². The summed E-state index contributed by atoms with van der Waals surface area (Å²) in [6, 6.07) is 7.70. The van der Waals surface area contributed by atoms with Gasteiger partial charge in [-0.3, -0.25) is 4.99 Å². The van der Waals surface area contributed by atoms with E-state index >= 15 is 0 Å². The molecule has 0 bridgehead atoms. The Labute approximate surface area is 167 Å². The van der Waals surface area contributed by atoms with Crippen molar-refractivity contribution in [2.24, 2.45) is 4.99 Å². The third-order valence-corrected chi connectivity index (χ3v) is 6.29. The van der Waals surface area contributed by atoms with E-state index in [1.807, 2.05) is 38.1 Å². The molecule has 7 nitrogen and oxygen atoms in total. The van der Waals surface area contributed by atoms with Crippen molar-refractivity contribution >= 4 is 27.6 Å². The van der Waals surface area contributed by atoms with E-state index in [0.717, 1.165) is 12.0 Å². The third-order valence-electron chi connectivity index (χ3n) is 4.25. The number of morpholine rings is 1. The minimum Gasteiger partial charge on any atom is -0.373 e. The van der Waals surface area contributed by atoms with Crippen molar-refractivity contribution in [1.29, 1.82) is 0 Å². The van der Waals surface area contributed by atoms with Crippen molar-refractivity contribution in [2.75, 3.05) is 39.0 Å². The van der Waals surface area contributed by atoms with Gasteiger partial charge in [0.1, 0.15) is 0 Å². The number of nitrogens with one attached hydrogen (secondary N) is 2. The highest BCUT2D eigenvalue weighted by Gasteiger charge is 2.30. The number of nitrogens with zero attached hydrogens (tertiary/aromatic N) is 2. The number of rotatable bonds is 7. The van der Waals surface area contributed by atoms with Crippen LogP contribution < -0.4 is 10.6 Å². The largest absolute Gasteiger partial charge is 0.373 e. The topological polar surface area (TPSA) is 83.0 Å². The zero-order valence-electron chi connectivity index (χ0n) is 16.1. The summed E-state index contributed by atoms with van der Waals surface area (Å²) in [5.74, 6) is 0.595. The number of aliphatic imine (C=N–C) groups is 1. The maximum atomic E-state index is 12.5. The van der Waals surface area contributed by atoms with Crippen LogP contribution >= 0.6 is 11.6 Å². The van der Waals surface area contributed by atoms with Crippen molar-refractivity contribution < 1.29 is 13.2 Å². The van der Waals surface area contributed by atoms with Gasteiger partial charge in [0.15, 0.2) is 5.96 Å². The molecule has 0 aliphatic carbocycles. The number of guanidine groups is 1. The number of benzene rings is 1. The molecule has 1 aromatic rings. The fourth-order valence-corrected chi connectivity index (χ4v) is 4.73. The number of ether oxygens (including phenoxy) is 1. The predicted octanol–water partition coefficient (Wildman–Crippen LogP) is 1.49. The number of halogens is 1. The van der Waals surface area contributed by atoms with Gasteiger partial charge in [-0.2, -0.15) is 4.31 Å². The first kappa shape index (κ1) is 21.9. The molecule has 1 heterocycles. The van der Waals surface area contributed by atoms with Gasteiger partial charge in [-0.05, 0) is 38.0 Å². The van der Waals surface area contributed by atoms with Crippen LogP contribution in [-0.2, 0) is 21.2 Å². The van der Waals surface area contributed by atoms with Crippen molar-refractivity contribution in [3.05, 3.63) is 34.9 Å². The summed E-state index contributed by atoms with van der Waals surface area (Å²) in [5, 5.41) is 6.96. The van der Waals surface area contributed by atoms with E-state index in [-0.39, 0.29) is 18.0 Å². The summed E-state index contributed by atoms with van der Waals surface area (Å²) in [6.07, 6.45) is 0.623. The minimum absolute atomic E-state index is 0.0153. The van der Waals surface area contributed by atoms with Gasteiger partial charge >= 0.3 is 0 Å². The normalized spacial score (nSPS) is 21.9. The van der Waals surface area contributed by atoms with Gasteiger partial charge in [0, 0.05) is 38.2 Å². The zero-order valence-corrected chi connectivity index (χ0v) is 17.7. The Bertz CT molecular complexity index is 732. The van der Waals surface area contributed by atoms with Gasteiger partial charge < -0.3 is 15.4 Å². The molecule has 2 unspecified atom stereocenters. The number of sulfonamides is 1. The molecule has 27 heavy (non-hydrogen) atoms. The third kappa shape index (κ3) is 7.29. The molecule has 1 aromatic carbocycles. The molecule has 9 heteroatoms. The summed E-state index contributed by atoms with van der Waals surface area (Å²) in [5.41, 5.74) is 1.13. The standard InChI is InChI=1S/C18H29ClN4O3S/c1-14-12-23(13-15(2)26-14)27(24,25)10-9-22-18(20-3)21-8-7-16-5-4-6-17(19)11-16/h4-6,11,14-15H,7-10,12-13H2,1-3H3,(H2,20,21,22). The molecule has 0 amide bonds. The summed E-state index contributed by atoms with van der Waals surface area (Å²) in [6.45, 7) is 5.55. The van der Waals surface area contributed by atoms with Crippen LogP contribution in [0.15, 0.2) is 29.3 Å². The lowest BCUT2D eigenvalue weighted by Crippen LogP contribution is -2.50. The van der Waals surface area contributed by atoms with E-state index in [2.05, 4.69) is 15.6 Å². The molecule has 152 valence electrons. The summed E-state index contributed by atoms with van der Waals surface area (Å²) in [7, 11) is -1.67. The van der Waals surface area contributed by atoms with Crippen LogP contribution in [0.2, 0.25) is 5.02 Å². The summed E-state index contributed by atoms with van der Waals surface area (Å²) in [4.78, 5) is 4.13. The second kappa shape index (κ2) is 10.3. The van der Waals surface area contributed by atoms with Crippen LogP contribution in [-0.4, -0.2) is 69.9 Å². The highest BCUT2D eigenvalue weighted by molar-refractivity contribution is 7.89. The second-order valence-electron chi connectivity index (χ2n) is 6.70. The Morgan fingerprint density at radius 2 is 1.93 bits per heavy atom. The van der Waals surface area contributed by atoms with E-state index in [0.29, 0.717) is 37.2 Å². The van der Waals surface area contributed by atoms with E-state index in [1.165, 1.54) is 4.31 Å². The van der Waals surface area contributed by atoms with Crippen molar-refractivity contribution in [2.45, 2.75) is 32.5 Å². The zero-order chi connectivity index (χ0) is 19.9. The van der Waals surface area contributed by atoms with E-state index in [9.17, 15) is 8.42 Å². The van der Waals surface area contributed by atoms with Crippen molar-refractivity contribution in [3.63, 3.8) is 0 Å². The molecule has 1 aliphatic heterocycles. The molecule has 0 radical (unpaired) electrons. The van der Waals surface area contributed by atoms with Crippen molar-refractivity contribution in [1.82, 2.24) is 14.9 Å². The molecular weight excluding hydrogens is 388 g/mol. The highest BCUT2D eigenvalue weighted by Crippen LogP contribution is 2.14. The van der Waals surface area contributed by atoms with Gasteiger partial charge in [-0.1, -0.05) is 23.7 Å². The number of hydrogen-bond acceptors (Lipinski definition) is 4. The van der Waals surface area contributed by atoms with Crippen LogP contribution in [0.25, 0.3) is 0 Å². The molecule has 1 fully saturated rings. The lowest BCUT2D eigenvalue weighted by Gasteiger charge is -2.34. The Kier molecular flexibility index (Phi) is 8.34. The van der Waals surface area contributed by atoms with Gasteiger partial charge in [-0.25, -0.2) is 8.42 Å². The quantitative estimate of drug-likeness (QED) is 0.519. The van der Waals surface area contributed by atoms with Crippen molar-refractivity contribution in [3.8, 4) is 0 Å². The molecule has 0 saturated carbocycles. The molecule has 2 rings (SSSR count). The first-order chi connectivity index (χ1) is 12.8. The first-order valence-electron chi connectivity index (χ1n) is 9.12.